The van der Waals surface area contributed by atoms with Gasteiger partial charge in [0.15, 0.2) is 0 Å². The van der Waals surface area contributed by atoms with E-state index in [-0.39, 0.29) is 11.6 Å². The van der Waals surface area contributed by atoms with Gasteiger partial charge in [-0.05, 0) is 26.7 Å². The third kappa shape index (κ3) is 9.42. The highest BCUT2D eigenvalue weighted by molar-refractivity contribution is 5.69. The Labute approximate surface area is 111 Å². The maximum Gasteiger partial charge on any atom is 0.308 e. The third-order valence-electron chi connectivity index (χ3n) is 2.54. The average Bonchev–Trinajstić information content (AvgIpc) is 2.27. The van der Waals surface area contributed by atoms with Gasteiger partial charge < -0.3 is 4.74 Å². The number of carbonyl (C=O) groups is 1. The number of rotatable bonds is 10. The van der Waals surface area contributed by atoms with Crippen LogP contribution >= 0.6 is 0 Å². The predicted octanol–water partition coefficient (Wildman–Crippen LogP) is 3.98. The molecule has 0 heterocycles. The van der Waals surface area contributed by atoms with Crippen LogP contribution in [0.3, 0.4) is 0 Å². The molecule has 1 atom stereocenters. The van der Waals surface area contributed by atoms with Crippen LogP contribution in [0.4, 0.5) is 0 Å². The molecule has 0 bridgehead atoms. The Morgan fingerprint density at radius 3 is 2.39 bits per heavy atom. The summed E-state index contributed by atoms with van der Waals surface area (Å²) in [4.78, 5) is 21.8. The molecule has 1 unspecified atom stereocenters. The van der Waals surface area contributed by atoms with E-state index in [0.29, 0.717) is 6.42 Å². The number of carbonyl (C=O) groups excluding carboxylic acids is 1. The molecule has 108 valence electrons. The van der Waals surface area contributed by atoms with E-state index in [9.17, 15) is 4.79 Å². The van der Waals surface area contributed by atoms with Crippen molar-refractivity contribution in [1.29, 1.82) is 0 Å². The highest BCUT2D eigenvalue weighted by Gasteiger charge is 2.21. The van der Waals surface area contributed by atoms with E-state index in [4.69, 9.17) is 14.5 Å². The summed E-state index contributed by atoms with van der Waals surface area (Å²) in [6.07, 6.45) is 4.70. The van der Waals surface area contributed by atoms with Gasteiger partial charge in [-0.15, -0.1) is 0 Å². The summed E-state index contributed by atoms with van der Waals surface area (Å²) in [6.45, 7) is 9.75. The van der Waals surface area contributed by atoms with Gasteiger partial charge in [0.1, 0.15) is 0 Å². The average molecular weight is 260 g/mol. The lowest BCUT2D eigenvalue weighted by Crippen LogP contribution is -2.28. The van der Waals surface area contributed by atoms with Crippen molar-refractivity contribution in [2.45, 2.75) is 85.0 Å². The summed E-state index contributed by atoms with van der Waals surface area (Å²) >= 11 is 0. The van der Waals surface area contributed by atoms with Crippen LogP contribution < -0.4 is 0 Å². The van der Waals surface area contributed by atoms with Gasteiger partial charge in [-0.3, -0.25) is 4.79 Å². The molecule has 18 heavy (non-hydrogen) atoms. The van der Waals surface area contributed by atoms with Gasteiger partial charge >= 0.3 is 5.97 Å². The van der Waals surface area contributed by atoms with Crippen molar-refractivity contribution >= 4 is 5.97 Å². The number of hydrogen-bond acceptors (Lipinski definition) is 4. The molecular weight excluding hydrogens is 232 g/mol. The van der Waals surface area contributed by atoms with Crippen LogP contribution in [0.15, 0.2) is 0 Å². The van der Waals surface area contributed by atoms with E-state index in [1.54, 1.807) is 6.92 Å². The van der Waals surface area contributed by atoms with Crippen molar-refractivity contribution in [1.82, 2.24) is 0 Å². The third-order valence-corrected chi connectivity index (χ3v) is 2.54. The summed E-state index contributed by atoms with van der Waals surface area (Å²) in [7, 11) is 0. The Kier molecular flexibility index (Phi) is 9.02. The summed E-state index contributed by atoms with van der Waals surface area (Å²) in [5.74, 6) is -0.229. The van der Waals surface area contributed by atoms with Crippen LogP contribution in [0, 0.1) is 0 Å². The minimum absolute atomic E-state index is 0.229. The maximum absolute atomic E-state index is 11.4. The Bertz CT molecular complexity index is 226. The van der Waals surface area contributed by atoms with Gasteiger partial charge in [0.25, 0.3) is 0 Å². The normalized spacial score (nSPS) is 13.4. The highest BCUT2D eigenvalue weighted by Crippen LogP contribution is 2.18. The zero-order valence-electron chi connectivity index (χ0n) is 12.5. The molecule has 0 aromatic carbocycles. The SMILES string of the molecule is CCCCCC(=O)OC(C)OOC(C)(C)CCC. The molecule has 0 saturated heterocycles. The molecular formula is C14H28O4. The molecule has 0 fully saturated rings. The number of hydrogen-bond donors (Lipinski definition) is 0. The van der Waals surface area contributed by atoms with E-state index >= 15 is 0 Å². The van der Waals surface area contributed by atoms with Crippen molar-refractivity contribution in [2.24, 2.45) is 0 Å². The highest BCUT2D eigenvalue weighted by atomic mass is 17.2. The minimum atomic E-state index is -0.657. The van der Waals surface area contributed by atoms with E-state index in [1.165, 1.54) is 0 Å². The first kappa shape index (κ1) is 17.4. The number of ether oxygens (including phenoxy) is 1. The Morgan fingerprint density at radius 2 is 1.83 bits per heavy atom. The zero-order chi connectivity index (χ0) is 14.0. The van der Waals surface area contributed by atoms with E-state index in [0.717, 1.165) is 32.1 Å². The van der Waals surface area contributed by atoms with Gasteiger partial charge in [-0.1, -0.05) is 33.1 Å². The fourth-order valence-corrected chi connectivity index (χ4v) is 1.62. The molecule has 0 saturated carbocycles. The largest absolute Gasteiger partial charge is 0.433 e. The Hall–Kier alpha value is -0.610. The van der Waals surface area contributed by atoms with Crippen molar-refractivity contribution in [3.63, 3.8) is 0 Å². The van der Waals surface area contributed by atoms with Crippen LogP contribution in [0.2, 0.25) is 0 Å². The van der Waals surface area contributed by atoms with Crippen LogP contribution in [-0.2, 0) is 19.3 Å². The molecule has 0 aliphatic rings. The smallest absolute Gasteiger partial charge is 0.308 e. The Balaban J connectivity index is 3.76. The number of unbranched alkanes of at least 4 members (excludes halogenated alkanes) is 2. The monoisotopic (exact) mass is 260 g/mol. The number of esters is 1. The minimum Gasteiger partial charge on any atom is -0.433 e. The molecule has 4 nitrogen and oxygen atoms in total. The van der Waals surface area contributed by atoms with Crippen molar-refractivity contribution in [2.75, 3.05) is 0 Å². The van der Waals surface area contributed by atoms with Gasteiger partial charge in [-0.25, -0.2) is 4.89 Å². The second-order valence-electron chi connectivity index (χ2n) is 5.20. The molecule has 0 spiro atoms. The van der Waals surface area contributed by atoms with Gasteiger partial charge in [0.05, 0.1) is 5.60 Å². The van der Waals surface area contributed by atoms with Crippen LogP contribution in [0.25, 0.3) is 0 Å². The Morgan fingerprint density at radius 1 is 1.17 bits per heavy atom. The zero-order valence-corrected chi connectivity index (χ0v) is 12.5. The van der Waals surface area contributed by atoms with Gasteiger partial charge in [0.2, 0.25) is 6.29 Å². The molecule has 0 aliphatic carbocycles. The molecule has 0 aliphatic heterocycles. The molecule has 0 aromatic heterocycles. The van der Waals surface area contributed by atoms with E-state index < -0.39 is 6.29 Å². The van der Waals surface area contributed by atoms with Crippen LogP contribution in [0.1, 0.15) is 73.1 Å². The first-order chi connectivity index (χ1) is 8.41. The lowest BCUT2D eigenvalue weighted by molar-refractivity contribution is -0.409. The van der Waals surface area contributed by atoms with E-state index in [2.05, 4.69) is 13.8 Å². The van der Waals surface area contributed by atoms with Crippen molar-refractivity contribution in [3.05, 3.63) is 0 Å². The van der Waals surface area contributed by atoms with E-state index in [1.807, 2.05) is 13.8 Å². The van der Waals surface area contributed by atoms with Crippen LogP contribution in [-0.4, -0.2) is 17.9 Å². The lowest BCUT2D eigenvalue weighted by atomic mass is 10.0. The lowest BCUT2D eigenvalue weighted by Gasteiger charge is -2.24. The second-order valence-corrected chi connectivity index (χ2v) is 5.20. The summed E-state index contributed by atoms with van der Waals surface area (Å²) in [5, 5.41) is 0. The second kappa shape index (κ2) is 9.34. The first-order valence-electron chi connectivity index (χ1n) is 6.95. The van der Waals surface area contributed by atoms with Crippen LogP contribution in [0.5, 0.6) is 0 Å². The molecule has 0 amide bonds. The molecule has 0 N–H and O–H groups in total. The first-order valence-corrected chi connectivity index (χ1v) is 6.95. The summed E-state index contributed by atoms with van der Waals surface area (Å²) in [5.41, 5.74) is -0.350. The molecule has 0 radical (unpaired) electrons. The molecule has 0 rings (SSSR count). The summed E-state index contributed by atoms with van der Waals surface area (Å²) < 4.78 is 5.08. The topological polar surface area (TPSA) is 44.8 Å². The predicted molar refractivity (Wildman–Crippen MR) is 70.9 cm³/mol. The standard InChI is InChI=1S/C14H28O4/c1-6-8-9-10-13(15)16-12(3)17-18-14(4,5)11-7-2/h12H,6-11H2,1-5H3. The molecule has 4 heteroatoms. The fourth-order valence-electron chi connectivity index (χ4n) is 1.62. The van der Waals surface area contributed by atoms with Crippen molar-refractivity contribution < 1.29 is 19.3 Å². The van der Waals surface area contributed by atoms with Gasteiger partial charge in [0, 0.05) is 13.3 Å². The maximum atomic E-state index is 11.4. The van der Waals surface area contributed by atoms with Gasteiger partial charge in [-0.2, -0.15) is 4.89 Å². The fraction of sp³-hybridized carbons (Fsp3) is 0.929. The van der Waals surface area contributed by atoms with Crippen molar-refractivity contribution in [3.8, 4) is 0 Å². The quantitative estimate of drug-likeness (QED) is 0.196. The summed E-state index contributed by atoms with van der Waals surface area (Å²) in [6, 6.07) is 0. The molecule has 0 aromatic rings.